The third-order valence-electron chi connectivity index (χ3n) is 5.10. The SMILES string of the molecule is O=C1N=C(N2CCC(Cc3ccccc3)CC2)S/C1=C\c1ccc(Cl)c(Cl)c1. The topological polar surface area (TPSA) is 32.7 Å². The van der Waals surface area contributed by atoms with E-state index < -0.39 is 0 Å². The summed E-state index contributed by atoms with van der Waals surface area (Å²) in [7, 11) is 0. The van der Waals surface area contributed by atoms with Crippen molar-refractivity contribution in [1.82, 2.24) is 4.90 Å². The standard InChI is InChI=1S/C22H20Cl2N2OS/c23-18-7-6-17(13-19(18)24)14-20-21(27)25-22(28-20)26-10-8-16(9-11-26)12-15-4-2-1-3-5-15/h1-7,13-14,16H,8-12H2/b20-14-. The lowest BCUT2D eigenvalue weighted by Crippen LogP contribution is -2.37. The van der Waals surface area contributed by atoms with Gasteiger partial charge >= 0.3 is 0 Å². The number of rotatable bonds is 3. The van der Waals surface area contributed by atoms with Crippen LogP contribution in [0.3, 0.4) is 0 Å². The van der Waals surface area contributed by atoms with Gasteiger partial charge < -0.3 is 4.90 Å². The summed E-state index contributed by atoms with van der Waals surface area (Å²) >= 11 is 13.5. The van der Waals surface area contributed by atoms with Gasteiger partial charge in [0.15, 0.2) is 5.17 Å². The predicted octanol–water partition coefficient (Wildman–Crippen LogP) is 5.92. The van der Waals surface area contributed by atoms with Gasteiger partial charge in [-0.2, -0.15) is 4.99 Å². The molecule has 2 aliphatic rings. The Morgan fingerprint density at radius 2 is 1.82 bits per heavy atom. The summed E-state index contributed by atoms with van der Waals surface area (Å²) in [5, 5.41) is 1.80. The highest BCUT2D eigenvalue weighted by Gasteiger charge is 2.29. The van der Waals surface area contributed by atoms with Gasteiger partial charge in [0.05, 0.1) is 15.0 Å². The van der Waals surface area contributed by atoms with Crippen LogP contribution in [0.5, 0.6) is 0 Å². The molecule has 1 fully saturated rings. The van der Waals surface area contributed by atoms with E-state index in [2.05, 4.69) is 40.2 Å². The van der Waals surface area contributed by atoms with Crippen molar-refractivity contribution in [3.05, 3.63) is 74.6 Å². The summed E-state index contributed by atoms with van der Waals surface area (Å²) in [6.07, 6.45) is 5.19. The molecule has 2 heterocycles. The van der Waals surface area contributed by atoms with Gasteiger partial charge in [0.2, 0.25) is 0 Å². The Kier molecular flexibility index (Phi) is 6.10. The Morgan fingerprint density at radius 3 is 2.54 bits per heavy atom. The highest BCUT2D eigenvalue weighted by molar-refractivity contribution is 8.18. The summed E-state index contributed by atoms with van der Waals surface area (Å²) in [4.78, 5) is 19.5. The molecule has 2 aliphatic heterocycles. The third-order valence-corrected chi connectivity index (χ3v) is 6.89. The normalized spacial score (nSPS) is 19.4. The molecule has 0 radical (unpaired) electrons. The number of aliphatic imine (C=N–C) groups is 1. The first kappa shape index (κ1) is 19.6. The first-order chi connectivity index (χ1) is 13.6. The van der Waals surface area contributed by atoms with Crippen LogP contribution in [0.25, 0.3) is 6.08 Å². The van der Waals surface area contributed by atoms with E-state index in [0.29, 0.717) is 20.9 Å². The van der Waals surface area contributed by atoms with Crippen molar-refractivity contribution in [3.8, 4) is 0 Å². The first-order valence-corrected chi connectivity index (χ1v) is 10.9. The molecule has 144 valence electrons. The molecular formula is C22H20Cl2N2OS. The number of carbonyl (C=O) groups excluding carboxylic acids is 1. The maximum atomic E-state index is 12.3. The van der Waals surface area contributed by atoms with Gasteiger partial charge in [0, 0.05) is 13.1 Å². The number of hydrogen-bond acceptors (Lipinski definition) is 3. The summed E-state index contributed by atoms with van der Waals surface area (Å²) in [5.41, 5.74) is 2.25. The van der Waals surface area contributed by atoms with Gasteiger partial charge in [0.25, 0.3) is 5.91 Å². The van der Waals surface area contributed by atoms with Crippen molar-refractivity contribution in [3.63, 3.8) is 0 Å². The predicted molar refractivity (Wildman–Crippen MR) is 119 cm³/mol. The quantitative estimate of drug-likeness (QED) is 0.566. The monoisotopic (exact) mass is 430 g/mol. The van der Waals surface area contributed by atoms with E-state index in [1.165, 1.54) is 17.3 Å². The van der Waals surface area contributed by atoms with Crippen LogP contribution in [-0.4, -0.2) is 29.1 Å². The van der Waals surface area contributed by atoms with Crippen LogP contribution in [0.4, 0.5) is 0 Å². The second-order valence-corrected chi connectivity index (χ2v) is 8.93. The second-order valence-electron chi connectivity index (χ2n) is 7.10. The first-order valence-electron chi connectivity index (χ1n) is 9.35. The molecule has 0 aliphatic carbocycles. The maximum Gasteiger partial charge on any atom is 0.286 e. The number of hydrogen-bond donors (Lipinski definition) is 0. The van der Waals surface area contributed by atoms with Gasteiger partial charge in [-0.15, -0.1) is 0 Å². The fraction of sp³-hybridized carbons (Fsp3) is 0.273. The molecule has 0 bridgehead atoms. The molecule has 1 amide bonds. The number of amidine groups is 1. The summed E-state index contributed by atoms with van der Waals surface area (Å²) in [6, 6.07) is 16.0. The Balaban J connectivity index is 1.36. The minimum Gasteiger partial charge on any atom is -0.351 e. The van der Waals surface area contributed by atoms with Crippen molar-refractivity contribution in [2.24, 2.45) is 10.9 Å². The fourth-order valence-electron chi connectivity index (χ4n) is 3.56. The molecule has 0 aromatic heterocycles. The zero-order valence-electron chi connectivity index (χ0n) is 15.3. The van der Waals surface area contributed by atoms with E-state index in [1.54, 1.807) is 12.1 Å². The smallest absolute Gasteiger partial charge is 0.286 e. The van der Waals surface area contributed by atoms with E-state index in [1.807, 2.05) is 12.1 Å². The molecule has 1 saturated heterocycles. The average molecular weight is 431 g/mol. The second kappa shape index (κ2) is 8.73. The lowest BCUT2D eigenvalue weighted by molar-refractivity contribution is -0.113. The van der Waals surface area contributed by atoms with Gasteiger partial charge in [-0.3, -0.25) is 4.79 Å². The van der Waals surface area contributed by atoms with Crippen molar-refractivity contribution < 1.29 is 4.79 Å². The van der Waals surface area contributed by atoms with Crippen LogP contribution >= 0.6 is 35.0 Å². The number of thioether (sulfide) groups is 1. The zero-order chi connectivity index (χ0) is 19.5. The molecule has 0 N–H and O–H groups in total. The van der Waals surface area contributed by atoms with Crippen LogP contribution in [-0.2, 0) is 11.2 Å². The lowest BCUT2D eigenvalue weighted by atomic mass is 9.90. The molecular weight excluding hydrogens is 411 g/mol. The molecule has 3 nitrogen and oxygen atoms in total. The molecule has 0 atom stereocenters. The average Bonchev–Trinajstić information content (AvgIpc) is 3.06. The lowest BCUT2D eigenvalue weighted by Gasteiger charge is -2.32. The van der Waals surface area contributed by atoms with Crippen molar-refractivity contribution in [2.45, 2.75) is 19.3 Å². The van der Waals surface area contributed by atoms with Crippen molar-refractivity contribution in [2.75, 3.05) is 13.1 Å². The molecule has 6 heteroatoms. The number of amides is 1. The number of benzene rings is 2. The van der Waals surface area contributed by atoms with Gasteiger partial charge in [-0.25, -0.2) is 0 Å². The maximum absolute atomic E-state index is 12.3. The van der Waals surface area contributed by atoms with Crippen LogP contribution < -0.4 is 0 Å². The Labute approximate surface area is 179 Å². The van der Waals surface area contributed by atoms with Crippen LogP contribution in [0.1, 0.15) is 24.0 Å². The minimum atomic E-state index is -0.183. The molecule has 4 rings (SSSR count). The minimum absolute atomic E-state index is 0.183. The van der Waals surface area contributed by atoms with Crippen LogP contribution in [0.2, 0.25) is 10.0 Å². The van der Waals surface area contributed by atoms with E-state index in [4.69, 9.17) is 23.2 Å². The Morgan fingerprint density at radius 1 is 1.07 bits per heavy atom. The summed E-state index contributed by atoms with van der Waals surface area (Å²) in [6.45, 7) is 1.88. The number of halogens is 2. The molecule has 28 heavy (non-hydrogen) atoms. The van der Waals surface area contributed by atoms with Gasteiger partial charge in [-0.1, -0.05) is 59.6 Å². The summed E-state index contributed by atoms with van der Waals surface area (Å²) < 4.78 is 0. The van der Waals surface area contributed by atoms with Gasteiger partial charge in [0.1, 0.15) is 0 Å². The van der Waals surface area contributed by atoms with Gasteiger partial charge in [-0.05, 0) is 66.3 Å². The van der Waals surface area contributed by atoms with E-state index in [0.717, 1.165) is 43.1 Å². The van der Waals surface area contributed by atoms with Crippen molar-refractivity contribution >= 4 is 52.1 Å². The molecule has 0 spiro atoms. The van der Waals surface area contributed by atoms with E-state index in [-0.39, 0.29) is 5.91 Å². The molecule has 2 aromatic rings. The highest BCUT2D eigenvalue weighted by Crippen LogP contribution is 2.33. The Hall–Kier alpha value is -1.75. The van der Waals surface area contributed by atoms with Crippen LogP contribution in [0, 0.1) is 5.92 Å². The zero-order valence-corrected chi connectivity index (χ0v) is 17.6. The van der Waals surface area contributed by atoms with Crippen molar-refractivity contribution in [1.29, 1.82) is 0 Å². The number of likely N-dealkylation sites (tertiary alicyclic amines) is 1. The highest BCUT2D eigenvalue weighted by atomic mass is 35.5. The van der Waals surface area contributed by atoms with Crippen LogP contribution in [0.15, 0.2) is 58.4 Å². The fourth-order valence-corrected chi connectivity index (χ4v) is 4.83. The van der Waals surface area contributed by atoms with E-state index >= 15 is 0 Å². The molecule has 0 unspecified atom stereocenters. The third kappa shape index (κ3) is 4.62. The number of nitrogens with zero attached hydrogens (tertiary/aromatic N) is 2. The summed E-state index contributed by atoms with van der Waals surface area (Å²) in [5.74, 6) is 0.505. The molecule has 2 aromatic carbocycles. The number of carbonyl (C=O) groups is 1. The van der Waals surface area contributed by atoms with E-state index in [9.17, 15) is 4.79 Å². The Bertz CT molecular complexity index is 935. The largest absolute Gasteiger partial charge is 0.351 e. The molecule has 0 saturated carbocycles. The number of piperidine rings is 1.